The number of anilines is 1. The Bertz CT molecular complexity index is 528. The summed E-state index contributed by atoms with van der Waals surface area (Å²) in [4.78, 5) is 25.0. The fourth-order valence-corrected chi connectivity index (χ4v) is 2.01. The number of hydrazine groups is 1. The number of carbonyl (C=O) groups is 2. The third kappa shape index (κ3) is 2.39. The Kier molecular flexibility index (Phi) is 3.44. The lowest BCUT2D eigenvalue weighted by molar-refractivity contribution is -0.131. The second-order valence-electron chi connectivity index (χ2n) is 4.64. The molecule has 1 unspecified atom stereocenters. The largest absolute Gasteiger partial charge is 0.482 e. The molecule has 1 aliphatic rings. The summed E-state index contributed by atoms with van der Waals surface area (Å²) < 4.78 is 5.34. The van der Waals surface area contributed by atoms with Gasteiger partial charge in [-0.15, -0.1) is 0 Å². The number of likely N-dealkylation sites (N-methyl/N-ethyl adjacent to an activating group) is 2. The maximum absolute atomic E-state index is 11.8. The third-order valence-electron chi connectivity index (χ3n) is 3.29. The fraction of sp³-hybridized carbons (Fsp3) is 0.385. The number of amides is 2. The van der Waals surface area contributed by atoms with E-state index in [1.807, 2.05) is 6.07 Å². The third-order valence-corrected chi connectivity index (χ3v) is 3.29. The van der Waals surface area contributed by atoms with Crippen molar-refractivity contribution >= 4 is 17.5 Å². The van der Waals surface area contributed by atoms with Gasteiger partial charge in [-0.05, 0) is 24.6 Å². The van der Waals surface area contributed by atoms with E-state index in [9.17, 15) is 9.59 Å². The zero-order valence-corrected chi connectivity index (χ0v) is 11.2. The molecule has 2 amide bonds. The highest BCUT2D eigenvalue weighted by Gasteiger charge is 2.25. The molecule has 0 bridgehead atoms. The zero-order chi connectivity index (χ0) is 14.2. The number of nitrogens with zero attached hydrogens (tertiary/aromatic N) is 2. The Labute approximate surface area is 111 Å². The van der Waals surface area contributed by atoms with Crippen molar-refractivity contribution in [3.8, 4) is 5.75 Å². The van der Waals surface area contributed by atoms with E-state index in [4.69, 9.17) is 10.6 Å². The molecule has 0 spiro atoms. The van der Waals surface area contributed by atoms with Crippen LogP contribution in [-0.4, -0.2) is 37.5 Å². The van der Waals surface area contributed by atoms with E-state index >= 15 is 0 Å². The smallest absolute Gasteiger partial charge is 0.264 e. The van der Waals surface area contributed by atoms with E-state index < -0.39 is 0 Å². The first-order valence-electron chi connectivity index (χ1n) is 5.97. The normalized spacial score (nSPS) is 15.6. The molecule has 19 heavy (non-hydrogen) atoms. The van der Waals surface area contributed by atoms with Gasteiger partial charge in [0.2, 0.25) is 5.91 Å². The van der Waals surface area contributed by atoms with Crippen LogP contribution in [0.15, 0.2) is 18.2 Å². The van der Waals surface area contributed by atoms with Gasteiger partial charge < -0.3 is 9.64 Å². The molecule has 2 rings (SSSR count). The standard InChI is InChI=1S/C13H17N3O3/c1-8(13(18)16(3)14)9-4-5-11-10(6-9)15(2)12(17)7-19-11/h4-6,8H,7,14H2,1-3H3. The molecule has 0 aliphatic carbocycles. The Morgan fingerprint density at radius 2 is 2.21 bits per heavy atom. The summed E-state index contributed by atoms with van der Waals surface area (Å²) in [7, 11) is 3.20. The van der Waals surface area contributed by atoms with Gasteiger partial charge in [0, 0.05) is 14.1 Å². The van der Waals surface area contributed by atoms with Gasteiger partial charge in [-0.25, -0.2) is 5.84 Å². The maximum atomic E-state index is 11.8. The highest BCUT2D eigenvalue weighted by Crippen LogP contribution is 2.34. The van der Waals surface area contributed by atoms with E-state index in [0.717, 1.165) is 10.6 Å². The topological polar surface area (TPSA) is 75.9 Å². The number of nitrogens with two attached hydrogens (primary N) is 1. The van der Waals surface area contributed by atoms with Gasteiger partial charge in [0.05, 0.1) is 11.6 Å². The first-order chi connectivity index (χ1) is 8.91. The van der Waals surface area contributed by atoms with Gasteiger partial charge in [0.15, 0.2) is 6.61 Å². The van der Waals surface area contributed by atoms with Crippen molar-refractivity contribution in [1.29, 1.82) is 0 Å². The van der Waals surface area contributed by atoms with Crippen LogP contribution in [0.5, 0.6) is 5.75 Å². The van der Waals surface area contributed by atoms with Crippen LogP contribution in [0.3, 0.4) is 0 Å². The molecule has 6 heteroatoms. The van der Waals surface area contributed by atoms with E-state index in [0.29, 0.717) is 11.4 Å². The lowest BCUT2D eigenvalue weighted by atomic mass is 9.99. The van der Waals surface area contributed by atoms with Crippen LogP contribution in [0.4, 0.5) is 5.69 Å². The van der Waals surface area contributed by atoms with Crippen molar-refractivity contribution in [3.05, 3.63) is 23.8 Å². The average Bonchev–Trinajstić information content (AvgIpc) is 2.41. The van der Waals surface area contributed by atoms with Crippen molar-refractivity contribution < 1.29 is 14.3 Å². The van der Waals surface area contributed by atoms with Crippen LogP contribution >= 0.6 is 0 Å². The maximum Gasteiger partial charge on any atom is 0.264 e. The van der Waals surface area contributed by atoms with Crippen molar-refractivity contribution in [3.63, 3.8) is 0 Å². The van der Waals surface area contributed by atoms with E-state index in [2.05, 4.69) is 0 Å². The molecular formula is C13H17N3O3. The number of carbonyl (C=O) groups excluding carboxylic acids is 2. The summed E-state index contributed by atoms with van der Waals surface area (Å²) in [5, 5.41) is 1.06. The number of hydrogen-bond donors (Lipinski definition) is 1. The number of ether oxygens (including phenoxy) is 1. The minimum Gasteiger partial charge on any atom is -0.482 e. The number of hydrogen-bond acceptors (Lipinski definition) is 4. The van der Waals surface area contributed by atoms with Crippen LogP contribution in [0.1, 0.15) is 18.4 Å². The molecule has 2 N–H and O–H groups in total. The van der Waals surface area contributed by atoms with E-state index in [1.54, 1.807) is 26.1 Å². The monoisotopic (exact) mass is 263 g/mol. The second-order valence-corrected chi connectivity index (χ2v) is 4.64. The van der Waals surface area contributed by atoms with Crippen molar-refractivity contribution in [2.45, 2.75) is 12.8 Å². The SMILES string of the molecule is CC(C(=O)N(C)N)c1ccc2c(c1)N(C)C(=O)CO2. The highest BCUT2D eigenvalue weighted by molar-refractivity contribution is 5.97. The van der Waals surface area contributed by atoms with Crippen LogP contribution in [0.2, 0.25) is 0 Å². The first kappa shape index (κ1) is 13.4. The quantitative estimate of drug-likeness (QED) is 0.478. The second kappa shape index (κ2) is 4.89. The Morgan fingerprint density at radius 3 is 2.84 bits per heavy atom. The van der Waals surface area contributed by atoms with Crippen LogP contribution in [0.25, 0.3) is 0 Å². The molecule has 0 fully saturated rings. The summed E-state index contributed by atoms with van der Waals surface area (Å²) in [5.41, 5.74) is 1.47. The minimum absolute atomic E-state index is 0.0445. The molecule has 6 nitrogen and oxygen atoms in total. The van der Waals surface area contributed by atoms with Crippen molar-refractivity contribution in [2.75, 3.05) is 25.6 Å². The van der Waals surface area contributed by atoms with Gasteiger partial charge in [0.1, 0.15) is 5.75 Å². The summed E-state index contributed by atoms with van der Waals surface area (Å²) in [6, 6.07) is 5.38. The number of fused-ring (bicyclic) bond motifs is 1. The molecule has 102 valence electrons. The molecule has 1 aromatic rings. The van der Waals surface area contributed by atoms with Gasteiger partial charge >= 0.3 is 0 Å². The number of benzene rings is 1. The molecule has 0 radical (unpaired) electrons. The van der Waals surface area contributed by atoms with Crippen LogP contribution in [0, 0.1) is 0 Å². The summed E-state index contributed by atoms with van der Waals surface area (Å²) in [6.07, 6.45) is 0. The van der Waals surface area contributed by atoms with Crippen molar-refractivity contribution in [2.24, 2.45) is 5.84 Å². The summed E-state index contributed by atoms with van der Waals surface area (Å²) in [5.74, 6) is 5.43. The molecule has 1 aromatic carbocycles. The van der Waals surface area contributed by atoms with Crippen LogP contribution in [-0.2, 0) is 9.59 Å². The lowest BCUT2D eigenvalue weighted by Crippen LogP contribution is -2.37. The molecule has 0 aromatic heterocycles. The predicted molar refractivity (Wildman–Crippen MR) is 70.7 cm³/mol. The molecule has 0 saturated heterocycles. The molecule has 0 saturated carbocycles. The molecular weight excluding hydrogens is 246 g/mol. The minimum atomic E-state index is -0.370. The Hall–Kier alpha value is -2.08. The fourth-order valence-electron chi connectivity index (χ4n) is 2.01. The predicted octanol–water partition coefficient (Wildman–Crippen LogP) is 0.477. The van der Waals surface area contributed by atoms with Gasteiger partial charge in [-0.1, -0.05) is 6.07 Å². The van der Waals surface area contributed by atoms with Crippen molar-refractivity contribution in [1.82, 2.24) is 5.01 Å². The van der Waals surface area contributed by atoms with Gasteiger partial charge in [-0.3, -0.25) is 14.6 Å². The summed E-state index contributed by atoms with van der Waals surface area (Å²) >= 11 is 0. The lowest BCUT2D eigenvalue weighted by Gasteiger charge is -2.27. The van der Waals surface area contributed by atoms with E-state index in [1.165, 1.54) is 11.9 Å². The highest BCUT2D eigenvalue weighted by atomic mass is 16.5. The number of rotatable bonds is 2. The first-order valence-corrected chi connectivity index (χ1v) is 5.97. The molecule has 1 heterocycles. The Morgan fingerprint density at radius 1 is 1.53 bits per heavy atom. The van der Waals surface area contributed by atoms with Crippen LogP contribution < -0.4 is 15.5 Å². The summed E-state index contributed by atoms with van der Waals surface area (Å²) in [6.45, 7) is 1.82. The van der Waals surface area contributed by atoms with Gasteiger partial charge in [0.25, 0.3) is 5.91 Å². The Balaban J connectivity index is 2.35. The molecule has 1 atom stereocenters. The zero-order valence-electron chi connectivity index (χ0n) is 11.2. The molecule has 1 aliphatic heterocycles. The van der Waals surface area contributed by atoms with Gasteiger partial charge in [-0.2, -0.15) is 0 Å². The average molecular weight is 263 g/mol. The van der Waals surface area contributed by atoms with E-state index in [-0.39, 0.29) is 24.3 Å².